The Balaban J connectivity index is 1.95. The summed E-state index contributed by atoms with van der Waals surface area (Å²) in [5, 5.41) is 13.0. The predicted molar refractivity (Wildman–Crippen MR) is 86.0 cm³/mol. The molecule has 1 atom stereocenters. The number of aryl methyl sites for hydroxylation is 2. The van der Waals surface area contributed by atoms with Crippen LogP contribution in [0, 0.1) is 13.8 Å². The van der Waals surface area contributed by atoms with Gasteiger partial charge >= 0.3 is 6.09 Å². The Labute approximate surface area is 132 Å². The maximum absolute atomic E-state index is 11.5. The lowest BCUT2D eigenvalue weighted by Crippen LogP contribution is -2.47. The van der Waals surface area contributed by atoms with Crippen LogP contribution in [-0.4, -0.2) is 41.8 Å². The lowest BCUT2D eigenvalue weighted by molar-refractivity contribution is 0.132. The second-order valence-electron chi connectivity index (χ2n) is 6.00. The van der Waals surface area contributed by atoms with Crippen molar-refractivity contribution in [2.24, 2.45) is 0 Å². The van der Waals surface area contributed by atoms with Gasteiger partial charge < -0.3 is 15.2 Å². The van der Waals surface area contributed by atoms with Crippen LogP contribution in [-0.2, 0) is 11.3 Å². The molecule has 0 radical (unpaired) electrons. The molecule has 0 aromatic heterocycles. The number of hydrogen-bond acceptors (Lipinski definition) is 4. The number of likely N-dealkylation sites (tertiary alicyclic amines) is 1. The van der Waals surface area contributed by atoms with Crippen LogP contribution < -0.4 is 5.32 Å². The highest BCUT2D eigenvalue weighted by Gasteiger charge is 2.22. The summed E-state index contributed by atoms with van der Waals surface area (Å²) < 4.78 is 4.94. The molecule has 2 rings (SSSR count). The topological polar surface area (TPSA) is 61.8 Å². The maximum Gasteiger partial charge on any atom is 0.407 e. The summed E-state index contributed by atoms with van der Waals surface area (Å²) in [6.07, 6.45) is 1.65. The first-order chi connectivity index (χ1) is 10.5. The summed E-state index contributed by atoms with van der Waals surface area (Å²) in [4.78, 5) is 13.8. The van der Waals surface area contributed by atoms with E-state index >= 15 is 0 Å². The molecule has 5 heteroatoms. The van der Waals surface area contributed by atoms with Gasteiger partial charge in [-0.25, -0.2) is 4.79 Å². The van der Waals surface area contributed by atoms with Crippen molar-refractivity contribution in [1.29, 1.82) is 0 Å². The van der Waals surface area contributed by atoms with Crippen molar-refractivity contribution in [2.45, 2.75) is 46.2 Å². The van der Waals surface area contributed by atoms with Gasteiger partial charge in [0.25, 0.3) is 0 Å². The van der Waals surface area contributed by atoms with Gasteiger partial charge in [-0.2, -0.15) is 0 Å². The minimum absolute atomic E-state index is 0.112. The standard InChI is InChI=1S/C17H26N2O3/c1-4-22-17(21)18-15-6-5-7-19(11-15)10-14-8-12(2)13(3)9-16(14)20/h8-9,15,20H,4-7,10-11H2,1-3H3,(H,18,21). The molecule has 0 saturated carbocycles. The Kier molecular flexibility index (Phi) is 5.66. The molecule has 0 bridgehead atoms. The van der Waals surface area contributed by atoms with E-state index in [0.717, 1.165) is 37.1 Å². The normalized spacial score (nSPS) is 19.0. The third kappa shape index (κ3) is 4.37. The van der Waals surface area contributed by atoms with E-state index in [-0.39, 0.29) is 12.1 Å². The number of ether oxygens (including phenoxy) is 1. The first kappa shape index (κ1) is 16.6. The van der Waals surface area contributed by atoms with E-state index in [4.69, 9.17) is 4.74 Å². The number of aromatic hydroxyl groups is 1. The smallest absolute Gasteiger partial charge is 0.407 e. The van der Waals surface area contributed by atoms with E-state index in [1.54, 1.807) is 6.92 Å². The molecule has 0 aliphatic carbocycles. The molecule has 5 nitrogen and oxygen atoms in total. The zero-order chi connectivity index (χ0) is 16.1. The molecule has 1 saturated heterocycles. The van der Waals surface area contributed by atoms with Gasteiger partial charge in [0.2, 0.25) is 0 Å². The fourth-order valence-corrected chi connectivity index (χ4v) is 2.88. The van der Waals surface area contributed by atoms with Crippen LogP contribution in [0.5, 0.6) is 5.75 Å². The van der Waals surface area contributed by atoms with Crippen LogP contribution in [0.4, 0.5) is 4.79 Å². The van der Waals surface area contributed by atoms with E-state index < -0.39 is 0 Å². The number of carbonyl (C=O) groups is 1. The fraction of sp³-hybridized carbons (Fsp3) is 0.588. The zero-order valence-electron chi connectivity index (χ0n) is 13.7. The van der Waals surface area contributed by atoms with Crippen LogP contribution in [0.3, 0.4) is 0 Å². The third-order valence-corrected chi connectivity index (χ3v) is 4.19. The molecule has 1 heterocycles. The monoisotopic (exact) mass is 306 g/mol. The fourth-order valence-electron chi connectivity index (χ4n) is 2.88. The van der Waals surface area contributed by atoms with Gasteiger partial charge in [0, 0.05) is 24.7 Å². The Bertz CT molecular complexity index is 531. The summed E-state index contributed by atoms with van der Waals surface area (Å²) in [5.74, 6) is 0.351. The van der Waals surface area contributed by atoms with Crippen LogP contribution in [0.25, 0.3) is 0 Å². The highest BCUT2D eigenvalue weighted by molar-refractivity contribution is 5.67. The SMILES string of the molecule is CCOC(=O)NC1CCCN(Cc2cc(C)c(C)cc2O)C1. The van der Waals surface area contributed by atoms with Crippen LogP contribution >= 0.6 is 0 Å². The van der Waals surface area contributed by atoms with Crippen molar-refractivity contribution in [3.63, 3.8) is 0 Å². The molecular weight excluding hydrogens is 280 g/mol. The minimum atomic E-state index is -0.344. The molecule has 122 valence electrons. The summed E-state index contributed by atoms with van der Waals surface area (Å²) in [6.45, 7) is 8.71. The van der Waals surface area contributed by atoms with Crippen molar-refractivity contribution in [1.82, 2.24) is 10.2 Å². The highest BCUT2D eigenvalue weighted by Crippen LogP contribution is 2.24. The zero-order valence-corrected chi connectivity index (χ0v) is 13.7. The number of alkyl carbamates (subject to hydrolysis) is 1. The summed E-state index contributed by atoms with van der Waals surface area (Å²) in [7, 11) is 0. The number of benzene rings is 1. The molecule has 2 N–H and O–H groups in total. The number of phenolic OH excluding ortho intramolecular Hbond substituents is 1. The number of piperidine rings is 1. The van der Waals surface area contributed by atoms with Gasteiger partial charge in [-0.3, -0.25) is 4.90 Å². The Morgan fingerprint density at radius 2 is 2.14 bits per heavy atom. The quantitative estimate of drug-likeness (QED) is 0.898. The Morgan fingerprint density at radius 1 is 1.41 bits per heavy atom. The average Bonchev–Trinajstić information content (AvgIpc) is 2.45. The van der Waals surface area contributed by atoms with E-state index in [2.05, 4.69) is 17.1 Å². The molecule has 1 aromatic rings. The number of phenols is 1. The first-order valence-corrected chi connectivity index (χ1v) is 7.94. The molecule has 1 unspecified atom stereocenters. The Hall–Kier alpha value is -1.75. The van der Waals surface area contributed by atoms with Gasteiger partial charge in [0.15, 0.2) is 0 Å². The molecule has 22 heavy (non-hydrogen) atoms. The molecule has 1 aliphatic rings. The van der Waals surface area contributed by atoms with Gasteiger partial charge in [-0.1, -0.05) is 6.07 Å². The highest BCUT2D eigenvalue weighted by atomic mass is 16.5. The average molecular weight is 306 g/mol. The molecule has 0 spiro atoms. The van der Waals surface area contributed by atoms with E-state index in [1.165, 1.54) is 5.56 Å². The van der Waals surface area contributed by atoms with Crippen LogP contribution in [0.2, 0.25) is 0 Å². The molecule has 1 aromatic carbocycles. The summed E-state index contributed by atoms with van der Waals surface area (Å²) in [5.41, 5.74) is 3.23. The van der Waals surface area contributed by atoms with Crippen molar-refractivity contribution in [2.75, 3.05) is 19.7 Å². The molecular formula is C17H26N2O3. The van der Waals surface area contributed by atoms with Crippen molar-refractivity contribution >= 4 is 6.09 Å². The van der Waals surface area contributed by atoms with Gasteiger partial charge in [0.1, 0.15) is 5.75 Å². The van der Waals surface area contributed by atoms with E-state index in [9.17, 15) is 9.90 Å². The number of nitrogens with zero attached hydrogens (tertiary/aromatic N) is 1. The number of amides is 1. The van der Waals surface area contributed by atoms with Crippen LogP contribution in [0.1, 0.15) is 36.5 Å². The van der Waals surface area contributed by atoms with E-state index in [1.807, 2.05) is 19.1 Å². The van der Waals surface area contributed by atoms with Gasteiger partial charge in [0.05, 0.1) is 6.61 Å². The lowest BCUT2D eigenvalue weighted by atomic mass is 10.0. The van der Waals surface area contributed by atoms with E-state index in [0.29, 0.717) is 18.9 Å². The summed E-state index contributed by atoms with van der Waals surface area (Å²) in [6, 6.07) is 3.98. The number of hydrogen-bond donors (Lipinski definition) is 2. The van der Waals surface area contributed by atoms with Crippen molar-refractivity contribution in [3.8, 4) is 5.75 Å². The minimum Gasteiger partial charge on any atom is -0.508 e. The predicted octanol–water partition coefficient (Wildman–Crippen LogP) is 2.72. The number of rotatable bonds is 4. The summed E-state index contributed by atoms with van der Waals surface area (Å²) >= 11 is 0. The van der Waals surface area contributed by atoms with Crippen molar-refractivity contribution < 1.29 is 14.6 Å². The Morgan fingerprint density at radius 3 is 2.86 bits per heavy atom. The number of carbonyl (C=O) groups excluding carboxylic acids is 1. The molecule has 1 amide bonds. The molecule has 1 fully saturated rings. The lowest BCUT2D eigenvalue weighted by Gasteiger charge is -2.33. The van der Waals surface area contributed by atoms with Gasteiger partial charge in [-0.05, 0) is 57.4 Å². The maximum atomic E-state index is 11.5. The second-order valence-corrected chi connectivity index (χ2v) is 6.00. The van der Waals surface area contributed by atoms with Gasteiger partial charge in [-0.15, -0.1) is 0 Å². The largest absolute Gasteiger partial charge is 0.508 e. The third-order valence-electron chi connectivity index (χ3n) is 4.19. The van der Waals surface area contributed by atoms with Crippen molar-refractivity contribution in [3.05, 3.63) is 28.8 Å². The first-order valence-electron chi connectivity index (χ1n) is 7.94. The van der Waals surface area contributed by atoms with Crippen LogP contribution in [0.15, 0.2) is 12.1 Å². The molecule has 1 aliphatic heterocycles. The second kappa shape index (κ2) is 7.49. The number of nitrogens with one attached hydrogen (secondary N) is 1.